The summed E-state index contributed by atoms with van der Waals surface area (Å²) < 4.78 is 12.1. The van der Waals surface area contributed by atoms with Gasteiger partial charge < -0.3 is 5.32 Å². The van der Waals surface area contributed by atoms with Crippen molar-refractivity contribution in [3.8, 4) is 0 Å². The number of benzene rings is 1. The molecule has 1 N–H and O–H groups in total. The number of nitrogens with zero attached hydrogens (tertiary/aromatic N) is 1. The molecule has 0 fully saturated rings. The number of pyridine rings is 1. The minimum Gasteiger partial charge on any atom is -0.313 e. The van der Waals surface area contributed by atoms with E-state index < -0.39 is 10.8 Å². The summed E-state index contributed by atoms with van der Waals surface area (Å²) in [5, 5.41) is 2.42. The number of rotatable bonds is 4. The van der Waals surface area contributed by atoms with Crippen LogP contribution in [0.5, 0.6) is 0 Å². The predicted molar refractivity (Wildman–Crippen MR) is 65.0 cm³/mol. The zero-order valence-corrected chi connectivity index (χ0v) is 9.68. The summed E-state index contributed by atoms with van der Waals surface area (Å²) in [7, 11) is -1.24. The highest BCUT2D eigenvalue weighted by Crippen LogP contribution is 2.16. The van der Waals surface area contributed by atoms with Crippen molar-refractivity contribution < 1.29 is 9.00 Å². The molecule has 0 aliphatic heterocycles. The van der Waals surface area contributed by atoms with Crippen LogP contribution in [0.15, 0.2) is 58.5 Å². The van der Waals surface area contributed by atoms with Crippen molar-refractivity contribution in [3.63, 3.8) is 0 Å². The van der Waals surface area contributed by atoms with Crippen LogP contribution in [-0.4, -0.2) is 15.6 Å². The molecule has 5 heteroatoms. The average molecular weight is 246 g/mol. The van der Waals surface area contributed by atoms with Crippen LogP contribution in [-0.2, 0) is 15.6 Å². The van der Waals surface area contributed by atoms with Crippen LogP contribution in [0.25, 0.3) is 0 Å². The van der Waals surface area contributed by atoms with Crippen LogP contribution in [0.4, 0.5) is 5.82 Å². The number of hydrogen-bond acceptors (Lipinski definition) is 3. The number of carbonyl (C=O) groups is 1. The van der Waals surface area contributed by atoms with Crippen LogP contribution < -0.4 is 5.32 Å². The van der Waals surface area contributed by atoms with Gasteiger partial charge in [-0.2, -0.15) is 0 Å². The Morgan fingerprint density at radius 3 is 2.41 bits per heavy atom. The first-order valence-electron chi connectivity index (χ1n) is 4.94. The number of amides is 1. The lowest BCUT2D eigenvalue weighted by atomic mass is 10.4. The first kappa shape index (κ1) is 11.5. The Balaban J connectivity index is 2.23. The number of hydrogen-bond donors (Lipinski definition) is 1. The molecule has 1 aromatic heterocycles. The van der Waals surface area contributed by atoms with Crippen LogP contribution in [0.1, 0.15) is 0 Å². The normalized spacial score (nSPS) is 11.8. The Hall–Kier alpha value is -2.01. The van der Waals surface area contributed by atoms with Crippen molar-refractivity contribution in [2.24, 2.45) is 0 Å². The summed E-state index contributed by atoms with van der Waals surface area (Å²) >= 11 is 0. The van der Waals surface area contributed by atoms with Crippen molar-refractivity contribution in [1.82, 2.24) is 4.98 Å². The summed E-state index contributed by atoms with van der Waals surface area (Å²) in [6.45, 7) is 0. The van der Waals surface area contributed by atoms with Crippen LogP contribution in [0.3, 0.4) is 0 Å². The maximum Gasteiger partial charge on any atom is 0.212 e. The standard InChI is InChI=1S/C12H10N2O2S/c15-9-14-12-7-6-11(8-13-12)17(16)10-4-2-1-3-5-10/h1-9H,(H,13,14,15). The second-order valence-electron chi connectivity index (χ2n) is 3.22. The molecule has 4 nitrogen and oxygen atoms in total. The summed E-state index contributed by atoms with van der Waals surface area (Å²) in [6.07, 6.45) is 2.05. The quantitative estimate of drug-likeness (QED) is 0.837. The second kappa shape index (κ2) is 5.36. The molecule has 0 saturated heterocycles. The zero-order valence-electron chi connectivity index (χ0n) is 8.87. The van der Waals surface area contributed by atoms with Crippen molar-refractivity contribution in [2.75, 3.05) is 5.32 Å². The summed E-state index contributed by atoms with van der Waals surface area (Å²) in [5.74, 6) is 0.439. The highest BCUT2D eigenvalue weighted by atomic mass is 32.2. The molecule has 0 aliphatic rings. The molecule has 1 heterocycles. The third-order valence-electron chi connectivity index (χ3n) is 2.11. The van der Waals surface area contributed by atoms with E-state index in [1.807, 2.05) is 18.2 Å². The van der Waals surface area contributed by atoms with Crippen LogP contribution >= 0.6 is 0 Å². The lowest BCUT2D eigenvalue weighted by Crippen LogP contribution is -1.98. The smallest absolute Gasteiger partial charge is 0.212 e. The van der Waals surface area contributed by atoms with Crippen molar-refractivity contribution in [1.29, 1.82) is 0 Å². The molecule has 1 unspecified atom stereocenters. The molecule has 17 heavy (non-hydrogen) atoms. The number of carbonyl (C=O) groups excluding carboxylic acids is 1. The highest BCUT2D eigenvalue weighted by molar-refractivity contribution is 7.85. The van der Waals surface area contributed by atoms with Gasteiger partial charge in [0.1, 0.15) is 5.82 Å². The molecule has 0 bridgehead atoms. The van der Waals surface area contributed by atoms with E-state index in [0.717, 1.165) is 4.90 Å². The second-order valence-corrected chi connectivity index (χ2v) is 4.70. The van der Waals surface area contributed by atoms with Gasteiger partial charge in [-0.05, 0) is 24.3 Å². The Kier molecular flexibility index (Phi) is 3.62. The Labute approximate surface area is 101 Å². The fraction of sp³-hybridized carbons (Fsp3) is 0. The molecular formula is C12H10N2O2S. The molecular weight excluding hydrogens is 236 g/mol. The van der Waals surface area contributed by atoms with E-state index in [9.17, 15) is 9.00 Å². The van der Waals surface area contributed by atoms with Crippen molar-refractivity contribution >= 4 is 23.0 Å². The SMILES string of the molecule is O=CNc1ccc(S(=O)c2ccccc2)cn1. The maximum atomic E-state index is 12.1. The van der Waals surface area contributed by atoms with Gasteiger partial charge in [-0.25, -0.2) is 9.19 Å². The number of nitrogens with one attached hydrogen (secondary N) is 1. The van der Waals surface area contributed by atoms with E-state index in [-0.39, 0.29) is 0 Å². The molecule has 2 rings (SSSR count). The maximum absolute atomic E-state index is 12.1. The monoisotopic (exact) mass is 246 g/mol. The molecule has 1 atom stereocenters. The van der Waals surface area contributed by atoms with Gasteiger partial charge in [0.05, 0.1) is 15.7 Å². The van der Waals surface area contributed by atoms with E-state index >= 15 is 0 Å². The lowest BCUT2D eigenvalue weighted by molar-refractivity contribution is -0.105. The topological polar surface area (TPSA) is 59.1 Å². The molecule has 1 amide bonds. The molecule has 86 valence electrons. The van der Waals surface area contributed by atoms with Crippen LogP contribution in [0.2, 0.25) is 0 Å². The highest BCUT2D eigenvalue weighted by Gasteiger charge is 2.06. The average Bonchev–Trinajstić information content (AvgIpc) is 2.40. The van der Waals surface area contributed by atoms with Gasteiger partial charge in [0, 0.05) is 11.1 Å². The minimum atomic E-state index is -1.24. The van der Waals surface area contributed by atoms with Crippen molar-refractivity contribution in [2.45, 2.75) is 9.79 Å². The fourth-order valence-corrected chi connectivity index (χ4v) is 2.33. The molecule has 2 aromatic rings. The Morgan fingerprint density at radius 2 is 1.82 bits per heavy atom. The third-order valence-corrected chi connectivity index (χ3v) is 3.48. The van der Waals surface area contributed by atoms with Gasteiger partial charge in [0.15, 0.2) is 0 Å². The lowest BCUT2D eigenvalue weighted by Gasteiger charge is -2.02. The number of anilines is 1. The first-order valence-corrected chi connectivity index (χ1v) is 6.09. The molecule has 0 aliphatic carbocycles. The van der Waals surface area contributed by atoms with Gasteiger partial charge in [-0.1, -0.05) is 18.2 Å². The summed E-state index contributed by atoms with van der Waals surface area (Å²) in [4.78, 5) is 15.5. The van der Waals surface area contributed by atoms with Crippen molar-refractivity contribution in [3.05, 3.63) is 48.7 Å². The summed E-state index contributed by atoms with van der Waals surface area (Å²) in [6, 6.07) is 12.4. The first-order chi connectivity index (χ1) is 8.31. The zero-order chi connectivity index (χ0) is 12.1. The molecule has 1 aromatic carbocycles. The van der Waals surface area contributed by atoms with E-state index in [0.29, 0.717) is 17.1 Å². The number of aromatic nitrogens is 1. The molecule has 0 radical (unpaired) electrons. The van der Waals surface area contributed by atoms with Gasteiger partial charge in [-0.3, -0.25) is 4.79 Å². The minimum absolute atomic E-state index is 0.439. The molecule has 0 saturated carbocycles. The predicted octanol–water partition coefficient (Wildman–Crippen LogP) is 1.82. The molecule has 0 spiro atoms. The largest absolute Gasteiger partial charge is 0.313 e. The Morgan fingerprint density at radius 1 is 1.06 bits per heavy atom. The Bertz CT molecular complexity index is 526. The van der Waals surface area contributed by atoms with Gasteiger partial charge in [0.2, 0.25) is 6.41 Å². The van der Waals surface area contributed by atoms with E-state index in [4.69, 9.17) is 0 Å². The third kappa shape index (κ3) is 2.76. The van der Waals surface area contributed by atoms with E-state index in [1.165, 1.54) is 6.20 Å². The summed E-state index contributed by atoms with van der Waals surface area (Å²) in [5.41, 5.74) is 0. The van der Waals surface area contributed by atoms with Gasteiger partial charge >= 0.3 is 0 Å². The van der Waals surface area contributed by atoms with E-state index in [1.54, 1.807) is 24.3 Å². The van der Waals surface area contributed by atoms with Gasteiger partial charge in [0.25, 0.3) is 0 Å². The van der Waals surface area contributed by atoms with E-state index in [2.05, 4.69) is 10.3 Å². The van der Waals surface area contributed by atoms with Crippen LogP contribution in [0, 0.1) is 0 Å². The van der Waals surface area contributed by atoms with Gasteiger partial charge in [-0.15, -0.1) is 0 Å². The fourth-order valence-electron chi connectivity index (χ4n) is 1.32.